The molecule has 0 unspecified atom stereocenters. The average molecular weight is 312 g/mol. The summed E-state index contributed by atoms with van der Waals surface area (Å²) in [6.07, 6.45) is 3.14. The van der Waals surface area contributed by atoms with E-state index in [1.54, 1.807) is 12.4 Å². The van der Waals surface area contributed by atoms with E-state index in [1.165, 1.54) is 5.56 Å². The summed E-state index contributed by atoms with van der Waals surface area (Å²) in [4.78, 5) is 22.9. The zero-order valence-electron chi connectivity index (χ0n) is 14.4. The summed E-state index contributed by atoms with van der Waals surface area (Å²) < 4.78 is 0. The molecule has 0 fully saturated rings. The van der Waals surface area contributed by atoms with Gasteiger partial charge in [0.1, 0.15) is 0 Å². The molecule has 1 aromatic carbocycles. The van der Waals surface area contributed by atoms with Crippen molar-refractivity contribution in [1.82, 2.24) is 15.3 Å². The number of nitrogens with zero attached hydrogens (tertiary/aromatic N) is 3. The van der Waals surface area contributed by atoms with E-state index < -0.39 is 0 Å². The van der Waals surface area contributed by atoms with Crippen molar-refractivity contribution in [2.45, 2.75) is 40.2 Å². The van der Waals surface area contributed by atoms with E-state index in [0.29, 0.717) is 11.5 Å². The van der Waals surface area contributed by atoms with E-state index in [9.17, 15) is 4.79 Å². The molecular formula is C18H24N4O. The van der Waals surface area contributed by atoms with Crippen LogP contribution in [0.2, 0.25) is 0 Å². The van der Waals surface area contributed by atoms with Crippen molar-refractivity contribution >= 4 is 17.5 Å². The second kappa shape index (κ2) is 6.77. The Labute approximate surface area is 137 Å². The fourth-order valence-electron chi connectivity index (χ4n) is 2.23. The molecule has 0 saturated heterocycles. The molecule has 1 heterocycles. The lowest BCUT2D eigenvalue weighted by Gasteiger charge is -2.22. The van der Waals surface area contributed by atoms with Gasteiger partial charge >= 0.3 is 0 Å². The fourth-order valence-corrected chi connectivity index (χ4v) is 2.23. The van der Waals surface area contributed by atoms with Crippen molar-refractivity contribution in [2.24, 2.45) is 0 Å². The second-order valence-corrected chi connectivity index (χ2v) is 6.56. The van der Waals surface area contributed by atoms with Crippen LogP contribution in [0.3, 0.4) is 0 Å². The lowest BCUT2D eigenvalue weighted by Crippen LogP contribution is -2.40. The van der Waals surface area contributed by atoms with Crippen molar-refractivity contribution < 1.29 is 4.79 Å². The molecule has 5 heteroatoms. The highest BCUT2D eigenvalue weighted by Gasteiger charge is 2.17. The second-order valence-electron chi connectivity index (χ2n) is 6.56. The molecule has 1 N–H and O–H groups in total. The Morgan fingerprint density at radius 3 is 2.39 bits per heavy atom. The van der Waals surface area contributed by atoms with Gasteiger partial charge in [-0.05, 0) is 52.3 Å². The molecule has 0 bridgehead atoms. The summed E-state index contributed by atoms with van der Waals surface area (Å²) in [7, 11) is 0. The number of carbonyl (C=O) groups excluding carboxylic acids is 1. The van der Waals surface area contributed by atoms with E-state index in [1.807, 2.05) is 44.7 Å². The highest BCUT2D eigenvalue weighted by molar-refractivity contribution is 5.94. The molecule has 0 aliphatic heterocycles. The van der Waals surface area contributed by atoms with Crippen molar-refractivity contribution in [1.29, 1.82) is 0 Å². The van der Waals surface area contributed by atoms with Gasteiger partial charge < -0.3 is 10.2 Å². The predicted octanol–water partition coefficient (Wildman–Crippen LogP) is 3.47. The largest absolute Gasteiger partial charge is 0.347 e. The Morgan fingerprint density at radius 1 is 1.22 bits per heavy atom. The summed E-state index contributed by atoms with van der Waals surface area (Å²) >= 11 is 0. The lowest BCUT2D eigenvalue weighted by molar-refractivity contribution is 0.0919. The van der Waals surface area contributed by atoms with Gasteiger partial charge in [-0.3, -0.25) is 4.79 Å². The number of aromatic nitrogens is 2. The highest BCUT2D eigenvalue weighted by Crippen LogP contribution is 2.22. The van der Waals surface area contributed by atoms with Crippen LogP contribution in [0.4, 0.5) is 11.6 Å². The Hall–Kier alpha value is -2.43. The molecule has 0 aliphatic carbocycles. The number of anilines is 2. The zero-order valence-corrected chi connectivity index (χ0v) is 14.4. The van der Waals surface area contributed by atoms with Crippen molar-refractivity contribution in [3.63, 3.8) is 0 Å². The van der Waals surface area contributed by atoms with Gasteiger partial charge in [-0.1, -0.05) is 12.1 Å². The molecule has 23 heavy (non-hydrogen) atoms. The van der Waals surface area contributed by atoms with Crippen LogP contribution in [0.1, 0.15) is 43.6 Å². The van der Waals surface area contributed by atoms with Crippen LogP contribution in [0, 0.1) is 6.92 Å². The topological polar surface area (TPSA) is 58.1 Å². The number of nitrogens with one attached hydrogen (secondary N) is 1. The SMILES string of the molecule is CCN(c1cccc(C)c1)c1ncc(C(=O)NC(C)(C)C)cn1. The van der Waals surface area contributed by atoms with Gasteiger partial charge in [-0.25, -0.2) is 9.97 Å². The quantitative estimate of drug-likeness (QED) is 0.939. The van der Waals surface area contributed by atoms with Gasteiger partial charge in [-0.15, -0.1) is 0 Å². The van der Waals surface area contributed by atoms with E-state index in [0.717, 1.165) is 12.2 Å². The summed E-state index contributed by atoms with van der Waals surface area (Å²) in [5.74, 6) is 0.424. The Kier molecular flexibility index (Phi) is 4.98. The first kappa shape index (κ1) is 16.9. The molecule has 0 aliphatic rings. The molecule has 122 valence electrons. The van der Waals surface area contributed by atoms with E-state index >= 15 is 0 Å². The third-order valence-corrected chi connectivity index (χ3v) is 3.26. The minimum Gasteiger partial charge on any atom is -0.347 e. The van der Waals surface area contributed by atoms with Gasteiger partial charge in [-0.2, -0.15) is 0 Å². The van der Waals surface area contributed by atoms with Crippen LogP contribution in [0.25, 0.3) is 0 Å². The van der Waals surface area contributed by atoms with Crippen LogP contribution >= 0.6 is 0 Å². The molecular weight excluding hydrogens is 288 g/mol. The van der Waals surface area contributed by atoms with Crippen molar-refractivity contribution in [3.05, 3.63) is 47.8 Å². The van der Waals surface area contributed by atoms with Gasteiger partial charge in [0, 0.05) is 30.2 Å². The third kappa shape index (κ3) is 4.52. The van der Waals surface area contributed by atoms with E-state index in [-0.39, 0.29) is 11.4 Å². The van der Waals surface area contributed by atoms with E-state index in [4.69, 9.17) is 0 Å². The Bertz CT molecular complexity index is 674. The standard InChI is InChI=1S/C18H24N4O/c1-6-22(15-9-7-8-13(2)10-15)17-19-11-14(12-20-17)16(23)21-18(3,4)5/h7-12H,6H2,1-5H3,(H,21,23). The van der Waals surface area contributed by atoms with Gasteiger partial charge in [0.05, 0.1) is 5.56 Å². The number of amides is 1. The first-order valence-corrected chi connectivity index (χ1v) is 7.79. The van der Waals surface area contributed by atoms with Crippen LogP contribution < -0.4 is 10.2 Å². The number of hydrogen-bond donors (Lipinski definition) is 1. The van der Waals surface area contributed by atoms with Crippen LogP contribution in [0.15, 0.2) is 36.7 Å². The normalized spacial score (nSPS) is 11.2. The first-order chi connectivity index (χ1) is 10.8. The molecule has 0 radical (unpaired) electrons. The smallest absolute Gasteiger partial charge is 0.254 e. The molecule has 0 atom stereocenters. The monoisotopic (exact) mass is 312 g/mol. The molecule has 0 saturated carbocycles. The average Bonchev–Trinajstić information content (AvgIpc) is 2.47. The first-order valence-electron chi connectivity index (χ1n) is 7.79. The maximum atomic E-state index is 12.1. The molecule has 2 rings (SSSR count). The number of carbonyl (C=O) groups is 1. The number of benzene rings is 1. The summed E-state index contributed by atoms with van der Waals surface area (Å²) in [5.41, 5.74) is 2.40. The highest BCUT2D eigenvalue weighted by atomic mass is 16.1. The number of hydrogen-bond acceptors (Lipinski definition) is 4. The maximum Gasteiger partial charge on any atom is 0.254 e. The molecule has 5 nitrogen and oxygen atoms in total. The molecule has 1 aromatic heterocycles. The fraction of sp³-hybridized carbons (Fsp3) is 0.389. The van der Waals surface area contributed by atoms with Crippen LogP contribution in [0.5, 0.6) is 0 Å². The van der Waals surface area contributed by atoms with Gasteiger partial charge in [0.2, 0.25) is 5.95 Å². The molecule has 2 aromatic rings. The van der Waals surface area contributed by atoms with Crippen molar-refractivity contribution in [2.75, 3.05) is 11.4 Å². The third-order valence-electron chi connectivity index (χ3n) is 3.26. The molecule has 1 amide bonds. The predicted molar refractivity (Wildman–Crippen MR) is 93.1 cm³/mol. The maximum absolute atomic E-state index is 12.1. The Balaban J connectivity index is 2.22. The number of aryl methyl sites for hydroxylation is 1. The summed E-state index contributed by atoms with van der Waals surface area (Å²) in [5, 5.41) is 2.90. The lowest BCUT2D eigenvalue weighted by atomic mass is 10.1. The molecule has 0 spiro atoms. The van der Waals surface area contributed by atoms with E-state index in [2.05, 4.69) is 34.3 Å². The summed E-state index contributed by atoms with van der Waals surface area (Å²) in [6, 6.07) is 8.18. The zero-order chi connectivity index (χ0) is 17.0. The van der Waals surface area contributed by atoms with Crippen molar-refractivity contribution in [3.8, 4) is 0 Å². The van der Waals surface area contributed by atoms with Crippen LogP contribution in [-0.4, -0.2) is 28.0 Å². The van der Waals surface area contributed by atoms with Gasteiger partial charge in [0.15, 0.2) is 0 Å². The summed E-state index contributed by atoms with van der Waals surface area (Å²) in [6.45, 7) is 10.7. The van der Waals surface area contributed by atoms with Gasteiger partial charge in [0.25, 0.3) is 5.91 Å². The minimum atomic E-state index is -0.285. The number of rotatable bonds is 4. The minimum absolute atomic E-state index is 0.164. The Morgan fingerprint density at radius 2 is 1.87 bits per heavy atom. The van der Waals surface area contributed by atoms with Crippen LogP contribution in [-0.2, 0) is 0 Å².